The van der Waals surface area contributed by atoms with Gasteiger partial charge in [-0.05, 0) is 44.2 Å². The first-order valence-electron chi connectivity index (χ1n) is 6.75. The van der Waals surface area contributed by atoms with E-state index in [4.69, 9.17) is 0 Å². The molecule has 0 N–H and O–H groups in total. The van der Waals surface area contributed by atoms with Gasteiger partial charge in [0.1, 0.15) is 5.78 Å². The summed E-state index contributed by atoms with van der Waals surface area (Å²) in [7, 11) is 0. The standard InChI is InChI=1S/C16H20OS/c17-15-12-8-3-1-2-4-9-13-16(15)18-14-10-6-5-7-11-14/h1-2,5-7,10-11,16H,3-4,8-9,12-13H2/b2-1+/t16-/m0/s1. The smallest absolute Gasteiger partial charge is 0.146 e. The summed E-state index contributed by atoms with van der Waals surface area (Å²) >= 11 is 1.74. The van der Waals surface area contributed by atoms with Crippen LogP contribution in [0, 0.1) is 0 Å². The summed E-state index contributed by atoms with van der Waals surface area (Å²) in [5, 5.41) is 0.152. The maximum absolute atomic E-state index is 12.2. The fourth-order valence-electron chi connectivity index (χ4n) is 2.16. The Labute approximate surface area is 114 Å². The van der Waals surface area contributed by atoms with Crippen LogP contribution in [0.4, 0.5) is 0 Å². The third-order valence-corrected chi connectivity index (χ3v) is 4.51. The second-order valence-corrected chi connectivity index (χ2v) is 5.96. The molecule has 2 rings (SSSR count). The molecule has 1 nitrogen and oxygen atoms in total. The lowest BCUT2D eigenvalue weighted by Gasteiger charge is -2.16. The number of benzene rings is 1. The molecule has 1 aliphatic rings. The van der Waals surface area contributed by atoms with E-state index >= 15 is 0 Å². The summed E-state index contributed by atoms with van der Waals surface area (Å²) in [6.45, 7) is 0. The monoisotopic (exact) mass is 260 g/mol. The maximum Gasteiger partial charge on any atom is 0.146 e. The van der Waals surface area contributed by atoms with E-state index in [2.05, 4.69) is 24.3 Å². The number of carbonyl (C=O) groups excluding carboxylic acids is 1. The highest BCUT2D eigenvalue weighted by molar-refractivity contribution is 8.00. The van der Waals surface area contributed by atoms with Gasteiger partial charge in [-0.3, -0.25) is 4.79 Å². The zero-order valence-corrected chi connectivity index (χ0v) is 11.5. The lowest BCUT2D eigenvalue weighted by atomic mass is 10.0. The van der Waals surface area contributed by atoms with Crippen molar-refractivity contribution in [1.82, 2.24) is 0 Å². The molecule has 2 heteroatoms. The van der Waals surface area contributed by atoms with Crippen molar-refractivity contribution in [3.63, 3.8) is 0 Å². The molecule has 1 aliphatic carbocycles. The van der Waals surface area contributed by atoms with E-state index in [9.17, 15) is 4.79 Å². The summed E-state index contributed by atoms with van der Waals surface area (Å²) in [4.78, 5) is 13.4. The van der Waals surface area contributed by atoms with E-state index in [1.165, 1.54) is 4.90 Å². The minimum atomic E-state index is 0.152. The zero-order valence-electron chi connectivity index (χ0n) is 10.7. The van der Waals surface area contributed by atoms with E-state index in [0.717, 1.165) is 38.5 Å². The van der Waals surface area contributed by atoms with Crippen LogP contribution in [0.15, 0.2) is 47.4 Å². The van der Waals surface area contributed by atoms with Gasteiger partial charge in [0.05, 0.1) is 5.25 Å². The van der Waals surface area contributed by atoms with Crippen molar-refractivity contribution in [1.29, 1.82) is 0 Å². The number of thioether (sulfide) groups is 1. The molecule has 0 bridgehead atoms. The predicted octanol–water partition coefficient (Wildman–Crippen LogP) is 4.63. The first-order valence-corrected chi connectivity index (χ1v) is 7.63. The first-order chi connectivity index (χ1) is 8.86. The van der Waals surface area contributed by atoms with Crippen LogP contribution >= 0.6 is 11.8 Å². The Morgan fingerprint density at radius 3 is 2.50 bits per heavy atom. The van der Waals surface area contributed by atoms with Crippen LogP contribution in [-0.2, 0) is 4.79 Å². The second kappa shape index (κ2) is 7.42. The fourth-order valence-corrected chi connectivity index (χ4v) is 3.34. The largest absolute Gasteiger partial charge is 0.298 e. The average molecular weight is 260 g/mol. The quantitative estimate of drug-likeness (QED) is 0.721. The minimum Gasteiger partial charge on any atom is -0.298 e. The van der Waals surface area contributed by atoms with E-state index in [1.807, 2.05) is 18.2 Å². The van der Waals surface area contributed by atoms with Gasteiger partial charge in [0.2, 0.25) is 0 Å². The first kappa shape index (κ1) is 13.4. The van der Waals surface area contributed by atoms with Crippen LogP contribution in [0.2, 0.25) is 0 Å². The van der Waals surface area contributed by atoms with Gasteiger partial charge in [-0.25, -0.2) is 0 Å². The lowest BCUT2D eigenvalue weighted by molar-refractivity contribution is -0.118. The third kappa shape index (κ3) is 4.34. The van der Waals surface area contributed by atoms with Crippen LogP contribution in [0.25, 0.3) is 0 Å². The molecule has 0 unspecified atom stereocenters. The van der Waals surface area contributed by atoms with Gasteiger partial charge in [0.15, 0.2) is 0 Å². The topological polar surface area (TPSA) is 17.1 Å². The molecule has 0 heterocycles. The van der Waals surface area contributed by atoms with Crippen molar-refractivity contribution in [2.45, 2.75) is 48.7 Å². The average Bonchev–Trinajstić information content (AvgIpc) is 2.41. The zero-order chi connectivity index (χ0) is 12.6. The lowest BCUT2D eigenvalue weighted by Crippen LogP contribution is -2.17. The van der Waals surface area contributed by atoms with Gasteiger partial charge in [-0.1, -0.05) is 30.4 Å². The Hall–Kier alpha value is -1.02. The van der Waals surface area contributed by atoms with E-state index in [-0.39, 0.29) is 5.25 Å². The van der Waals surface area contributed by atoms with Crippen molar-refractivity contribution in [2.24, 2.45) is 0 Å². The highest BCUT2D eigenvalue weighted by Crippen LogP contribution is 2.28. The molecule has 0 aliphatic heterocycles. The van der Waals surface area contributed by atoms with Gasteiger partial charge in [-0.2, -0.15) is 0 Å². The van der Waals surface area contributed by atoms with E-state index in [1.54, 1.807) is 11.8 Å². The molecule has 1 aromatic carbocycles. The Morgan fingerprint density at radius 1 is 1.00 bits per heavy atom. The molecular formula is C16H20OS. The molecule has 0 saturated carbocycles. The summed E-state index contributed by atoms with van der Waals surface area (Å²) in [5.74, 6) is 0.430. The molecule has 18 heavy (non-hydrogen) atoms. The van der Waals surface area contributed by atoms with Crippen molar-refractivity contribution in [3.8, 4) is 0 Å². The van der Waals surface area contributed by atoms with Crippen molar-refractivity contribution < 1.29 is 4.79 Å². The molecular weight excluding hydrogens is 240 g/mol. The van der Waals surface area contributed by atoms with Crippen LogP contribution in [0.5, 0.6) is 0 Å². The molecule has 0 spiro atoms. The van der Waals surface area contributed by atoms with Crippen LogP contribution in [-0.4, -0.2) is 11.0 Å². The van der Waals surface area contributed by atoms with Gasteiger partial charge < -0.3 is 0 Å². The summed E-state index contributed by atoms with van der Waals surface area (Å²) < 4.78 is 0. The molecule has 0 aromatic heterocycles. The maximum atomic E-state index is 12.2. The number of ketones is 1. The number of rotatable bonds is 2. The molecule has 0 amide bonds. The van der Waals surface area contributed by atoms with Crippen molar-refractivity contribution in [2.75, 3.05) is 0 Å². The van der Waals surface area contributed by atoms with Gasteiger partial charge >= 0.3 is 0 Å². The summed E-state index contributed by atoms with van der Waals surface area (Å²) in [6, 6.07) is 10.3. The van der Waals surface area contributed by atoms with Gasteiger partial charge in [-0.15, -0.1) is 11.8 Å². The Kier molecular flexibility index (Phi) is 5.53. The number of carbonyl (C=O) groups is 1. The third-order valence-electron chi connectivity index (χ3n) is 3.18. The number of allylic oxidation sites excluding steroid dienone is 2. The number of Topliss-reactive ketones (excluding diaryl/α,β-unsaturated/α-hetero) is 1. The SMILES string of the molecule is O=C1CCC/C=C/CCC[C@@H]1Sc1ccccc1. The molecule has 0 saturated heterocycles. The molecule has 96 valence electrons. The predicted molar refractivity (Wildman–Crippen MR) is 77.9 cm³/mol. The van der Waals surface area contributed by atoms with Crippen LogP contribution < -0.4 is 0 Å². The van der Waals surface area contributed by atoms with E-state index < -0.39 is 0 Å². The Morgan fingerprint density at radius 2 is 1.72 bits per heavy atom. The summed E-state index contributed by atoms with van der Waals surface area (Å²) in [6.07, 6.45) is 10.5. The molecule has 0 fully saturated rings. The fraction of sp³-hybridized carbons (Fsp3) is 0.438. The van der Waals surface area contributed by atoms with Crippen molar-refractivity contribution >= 4 is 17.5 Å². The van der Waals surface area contributed by atoms with Gasteiger partial charge in [0, 0.05) is 11.3 Å². The minimum absolute atomic E-state index is 0.152. The Balaban J connectivity index is 1.99. The summed E-state index contributed by atoms with van der Waals surface area (Å²) in [5.41, 5.74) is 0. The number of hydrogen-bond acceptors (Lipinski definition) is 2. The van der Waals surface area contributed by atoms with Gasteiger partial charge in [0.25, 0.3) is 0 Å². The Bertz CT molecular complexity index is 397. The van der Waals surface area contributed by atoms with E-state index in [0.29, 0.717) is 5.78 Å². The van der Waals surface area contributed by atoms with Crippen LogP contribution in [0.3, 0.4) is 0 Å². The highest BCUT2D eigenvalue weighted by atomic mass is 32.2. The van der Waals surface area contributed by atoms with Crippen molar-refractivity contribution in [3.05, 3.63) is 42.5 Å². The molecule has 0 radical (unpaired) electrons. The van der Waals surface area contributed by atoms with Crippen LogP contribution in [0.1, 0.15) is 38.5 Å². The molecule has 1 aromatic rings. The highest BCUT2D eigenvalue weighted by Gasteiger charge is 2.19. The number of hydrogen-bond donors (Lipinski definition) is 0. The second-order valence-electron chi connectivity index (χ2n) is 4.68. The normalized spacial score (nSPS) is 23.6. The molecule has 1 atom stereocenters.